The van der Waals surface area contributed by atoms with Gasteiger partial charge in [-0.1, -0.05) is 41.9 Å². The van der Waals surface area contributed by atoms with E-state index in [1.807, 2.05) is 54.2 Å². The summed E-state index contributed by atoms with van der Waals surface area (Å²) in [5.41, 5.74) is 4.51. The normalized spacial score (nSPS) is 12.4. The molecule has 1 heterocycles. The van der Waals surface area contributed by atoms with Crippen LogP contribution in [-0.2, 0) is 22.7 Å². The van der Waals surface area contributed by atoms with Gasteiger partial charge in [-0.15, -0.1) is 0 Å². The fourth-order valence-corrected chi connectivity index (χ4v) is 3.11. The maximum Gasteiger partial charge on any atom is 0.312 e. The molecule has 0 bridgehead atoms. The summed E-state index contributed by atoms with van der Waals surface area (Å²) in [4.78, 5) is 16.8. The summed E-state index contributed by atoms with van der Waals surface area (Å²) in [6, 6.07) is 15.6. The van der Waals surface area contributed by atoms with Crippen LogP contribution in [0.5, 0.6) is 5.75 Å². The van der Waals surface area contributed by atoms with Crippen LogP contribution in [0.25, 0.3) is 5.69 Å². The molecule has 0 saturated carbocycles. The molecule has 7 nitrogen and oxygen atoms in total. The van der Waals surface area contributed by atoms with Gasteiger partial charge in [0.25, 0.3) is 0 Å². The van der Waals surface area contributed by atoms with E-state index >= 15 is 0 Å². The number of oxime groups is 1. The van der Waals surface area contributed by atoms with Gasteiger partial charge in [0.05, 0.1) is 17.6 Å². The van der Waals surface area contributed by atoms with Crippen molar-refractivity contribution in [1.29, 1.82) is 0 Å². The Bertz CT molecular complexity index is 1040. The molecule has 1 aromatic heterocycles. The first-order chi connectivity index (χ1) is 15.5. The number of hydrogen-bond acceptors (Lipinski definition) is 5. The standard InChI is InChI=1S/C25H29N3O4/c1-4-13-32-27-19(3)24(25(29)30)14-20-7-11-23(12-8-20)31-17-21-15-26-28(16-21)22-9-5-18(2)6-10-22/h5-12,15-16,24H,4,13-14,17H2,1-3H3,(H,29,30). The van der Waals surface area contributed by atoms with Crippen molar-refractivity contribution in [2.24, 2.45) is 11.1 Å². The van der Waals surface area contributed by atoms with Crippen molar-refractivity contribution in [2.75, 3.05) is 6.61 Å². The zero-order valence-corrected chi connectivity index (χ0v) is 18.7. The molecular formula is C25H29N3O4. The Kier molecular flexibility index (Phi) is 8.02. The number of benzene rings is 2. The maximum absolute atomic E-state index is 11.7. The average Bonchev–Trinajstić information content (AvgIpc) is 3.26. The fraction of sp³-hybridized carbons (Fsp3) is 0.320. The number of carbonyl (C=O) groups is 1. The minimum atomic E-state index is -0.919. The second-order valence-electron chi connectivity index (χ2n) is 7.72. The van der Waals surface area contributed by atoms with Crippen LogP contribution in [0.3, 0.4) is 0 Å². The van der Waals surface area contributed by atoms with Gasteiger partial charge >= 0.3 is 5.97 Å². The first-order valence-corrected chi connectivity index (χ1v) is 10.7. The third-order valence-corrected chi connectivity index (χ3v) is 5.01. The zero-order valence-electron chi connectivity index (χ0n) is 18.7. The van der Waals surface area contributed by atoms with Gasteiger partial charge in [0, 0.05) is 11.8 Å². The van der Waals surface area contributed by atoms with Crippen LogP contribution in [0.4, 0.5) is 0 Å². The molecule has 0 fully saturated rings. The second kappa shape index (κ2) is 11.1. The molecule has 3 aromatic rings. The molecule has 32 heavy (non-hydrogen) atoms. The molecule has 3 rings (SSSR count). The third-order valence-electron chi connectivity index (χ3n) is 5.01. The van der Waals surface area contributed by atoms with Gasteiger partial charge in [0.15, 0.2) is 0 Å². The van der Waals surface area contributed by atoms with E-state index in [1.54, 1.807) is 13.1 Å². The van der Waals surface area contributed by atoms with Gasteiger partial charge in [-0.2, -0.15) is 5.10 Å². The SMILES string of the molecule is CCCON=C(C)C(Cc1ccc(OCc2cnn(-c3ccc(C)cc3)c2)cc1)C(=O)O. The number of aromatic nitrogens is 2. The van der Waals surface area contributed by atoms with Crippen LogP contribution in [0.15, 0.2) is 66.1 Å². The van der Waals surface area contributed by atoms with E-state index in [-0.39, 0.29) is 0 Å². The highest BCUT2D eigenvalue weighted by molar-refractivity contribution is 6.00. The summed E-state index contributed by atoms with van der Waals surface area (Å²) < 4.78 is 7.69. The highest BCUT2D eigenvalue weighted by Crippen LogP contribution is 2.18. The molecule has 1 N–H and O–H groups in total. The number of aliphatic carboxylic acids is 1. The monoisotopic (exact) mass is 435 g/mol. The van der Waals surface area contributed by atoms with Crippen LogP contribution in [-0.4, -0.2) is 33.2 Å². The van der Waals surface area contributed by atoms with Crippen molar-refractivity contribution >= 4 is 11.7 Å². The quantitative estimate of drug-likeness (QED) is 0.265. The summed E-state index contributed by atoms with van der Waals surface area (Å²) in [7, 11) is 0. The van der Waals surface area contributed by atoms with Crippen LogP contribution in [0.1, 0.15) is 37.0 Å². The smallest absolute Gasteiger partial charge is 0.312 e. The lowest BCUT2D eigenvalue weighted by atomic mass is 9.95. The Morgan fingerprint density at radius 2 is 1.84 bits per heavy atom. The number of ether oxygens (including phenoxy) is 1. The molecular weight excluding hydrogens is 406 g/mol. The molecule has 0 radical (unpaired) electrons. The summed E-state index contributed by atoms with van der Waals surface area (Å²) in [6.07, 6.45) is 4.89. The summed E-state index contributed by atoms with van der Waals surface area (Å²) in [5.74, 6) is -0.941. The minimum Gasteiger partial charge on any atom is -0.489 e. The Morgan fingerprint density at radius 3 is 2.50 bits per heavy atom. The Hall–Kier alpha value is -3.61. The van der Waals surface area contributed by atoms with Gasteiger partial charge in [-0.3, -0.25) is 4.79 Å². The molecule has 0 aliphatic carbocycles. The molecule has 7 heteroatoms. The van der Waals surface area contributed by atoms with Crippen molar-refractivity contribution in [1.82, 2.24) is 9.78 Å². The molecule has 0 spiro atoms. The van der Waals surface area contributed by atoms with E-state index in [0.29, 0.717) is 31.1 Å². The molecule has 0 amide bonds. The van der Waals surface area contributed by atoms with Crippen LogP contribution in [0, 0.1) is 12.8 Å². The minimum absolute atomic E-state index is 0.337. The molecule has 1 unspecified atom stereocenters. The van der Waals surface area contributed by atoms with Gasteiger partial charge in [0.1, 0.15) is 24.9 Å². The van der Waals surface area contributed by atoms with E-state index in [0.717, 1.165) is 23.2 Å². The van der Waals surface area contributed by atoms with E-state index in [4.69, 9.17) is 9.57 Å². The lowest BCUT2D eigenvalue weighted by Gasteiger charge is -2.12. The Labute approximate surface area is 188 Å². The van der Waals surface area contributed by atoms with E-state index in [2.05, 4.69) is 29.3 Å². The Morgan fingerprint density at radius 1 is 1.12 bits per heavy atom. The lowest BCUT2D eigenvalue weighted by molar-refractivity contribution is -0.139. The lowest BCUT2D eigenvalue weighted by Crippen LogP contribution is -2.24. The first kappa shape index (κ1) is 23.1. The summed E-state index contributed by atoms with van der Waals surface area (Å²) >= 11 is 0. The van der Waals surface area contributed by atoms with Crippen molar-refractivity contribution in [3.8, 4) is 11.4 Å². The molecule has 0 aliphatic rings. The molecule has 0 aliphatic heterocycles. The number of carboxylic acid groups (broad SMARTS) is 1. The third kappa shape index (κ3) is 6.44. The van der Waals surface area contributed by atoms with Gasteiger partial charge < -0.3 is 14.7 Å². The maximum atomic E-state index is 11.7. The molecule has 0 saturated heterocycles. The molecule has 168 valence electrons. The van der Waals surface area contributed by atoms with Crippen molar-refractivity contribution < 1.29 is 19.5 Å². The molecule has 2 aromatic carbocycles. The molecule has 1 atom stereocenters. The van der Waals surface area contributed by atoms with E-state index < -0.39 is 11.9 Å². The van der Waals surface area contributed by atoms with E-state index in [9.17, 15) is 9.90 Å². The second-order valence-corrected chi connectivity index (χ2v) is 7.72. The predicted octanol–water partition coefficient (Wildman–Crippen LogP) is 4.81. The highest BCUT2D eigenvalue weighted by atomic mass is 16.6. The van der Waals surface area contributed by atoms with Crippen LogP contribution >= 0.6 is 0 Å². The predicted molar refractivity (Wildman–Crippen MR) is 123 cm³/mol. The van der Waals surface area contributed by atoms with Crippen molar-refractivity contribution in [3.05, 3.63) is 77.6 Å². The number of nitrogens with zero attached hydrogens (tertiary/aromatic N) is 3. The van der Waals surface area contributed by atoms with Crippen LogP contribution < -0.4 is 4.74 Å². The average molecular weight is 436 g/mol. The van der Waals surface area contributed by atoms with Crippen LogP contribution in [0.2, 0.25) is 0 Å². The fourth-order valence-electron chi connectivity index (χ4n) is 3.11. The first-order valence-electron chi connectivity index (χ1n) is 10.7. The summed E-state index contributed by atoms with van der Waals surface area (Å²) in [5, 5.41) is 17.9. The highest BCUT2D eigenvalue weighted by Gasteiger charge is 2.22. The van der Waals surface area contributed by atoms with Gasteiger partial charge in [-0.05, 0) is 56.5 Å². The van der Waals surface area contributed by atoms with Gasteiger partial charge in [0.2, 0.25) is 0 Å². The van der Waals surface area contributed by atoms with Crippen molar-refractivity contribution in [2.45, 2.75) is 40.2 Å². The number of rotatable bonds is 11. The van der Waals surface area contributed by atoms with Gasteiger partial charge in [-0.25, -0.2) is 4.68 Å². The topological polar surface area (TPSA) is 85.9 Å². The van der Waals surface area contributed by atoms with E-state index in [1.165, 1.54) is 5.56 Å². The number of aryl methyl sites for hydroxylation is 1. The number of hydrogen-bond donors (Lipinski definition) is 1. The van der Waals surface area contributed by atoms with Crippen molar-refractivity contribution in [3.63, 3.8) is 0 Å². The Balaban J connectivity index is 1.57. The number of carboxylic acids is 1. The zero-order chi connectivity index (χ0) is 22.9. The summed E-state index contributed by atoms with van der Waals surface area (Å²) in [6.45, 7) is 6.57. The largest absolute Gasteiger partial charge is 0.489 e.